The number of nitrogens with zero attached hydrogens (tertiary/aromatic N) is 2. The minimum atomic E-state index is -0.249. The number of carbonyl (C=O) groups is 2. The third-order valence-electron chi connectivity index (χ3n) is 2.25. The zero-order valence-corrected chi connectivity index (χ0v) is 11.0. The van der Waals surface area contributed by atoms with E-state index in [0.717, 1.165) is 0 Å². The van der Waals surface area contributed by atoms with Crippen molar-refractivity contribution in [2.75, 3.05) is 5.32 Å². The Hall–Kier alpha value is -2.28. The molecule has 0 aliphatic carbocycles. The van der Waals surface area contributed by atoms with Gasteiger partial charge in [-0.2, -0.15) is 0 Å². The van der Waals surface area contributed by atoms with Gasteiger partial charge in [0.25, 0.3) is 5.91 Å². The van der Waals surface area contributed by atoms with E-state index in [0.29, 0.717) is 22.9 Å². The molecule has 0 radical (unpaired) electrons. The lowest BCUT2D eigenvalue weighted by Crippen LogP contribution is -2.20. The van der Waals surface area contributed by atoms with E-state index in [4.69, 9.17) is 0 Å². The normalized spacial score (nSPS) is 9.95. The second-order valence-electron chi connectivity index (χ2n) is 3.74. The first kappa shape index (κ1) is 13.2. The van der Waals surface area contributed by atoms with Gasteiger partial charge < -0.3 is 5.32 Å². The fraction of sp³-hybridized carbons (Fsp3) is 0.167. The van der Waals surface area contributed by atoms with Crippen molar-refractivity contribution in [1.82, 2.24) is 15.3 Å². The molecule has 2 N–H and O–H groups in total. The highest BCUT2D eigenvalue weighted by Gasteiger charge is 2.08. The van der Waals surface area contributed by atoms with Crippen molar-refractivity contribution in [2.24, 2.45) is 0 Å². The Morgan fingerprint density at radius 2 is 2.16 bits per heavy atom. The molecule has 0 atom stereocenters. The molecule has 0 aliphatic heterocycles. The summed E-state index contributed by atoms with van der Waals surface area (Å²) < 4.78 is 0. The summed E-state index contributed by atoms with van der Waals surface area (Å²) in [5, 5.41) is 7.64. The first-order valence-electron chi connectivity index (χ1n) is 5.55. The molecule has 0 saturated heterocycles. The topological polar surface area (TPSA) is 84.0 Å². The van der Waals surface area contributed by atoms with E-state index in [9.17, 15) is 9.59 Å². The van der Waals surface area contributed by atoms with E-state index in [1.165, 1.54) is 24.5 Å². The van der Waals surface area contributed by atoms with Crippen LogP contribution >= 0.6 is 11.3 Å². The van der Waals surface area contributed by atoms with Crippen LogP contribution in [-0.2, 0) is 11.3 Å². The first-order chi connectivity index (χ1) is 9.15. The summed E-state index contributed by atoms with van der Waals surface area (Å²) in [6, 6.07) is 3.25. The Balaban J connectivity index is 2.05. The smallest absolute Gasteiger partial charge is 0.257 e. The number of carbonyl (C=O) groups excluding carboxylic acids is 2. The van der Waals surface area contributed by atoms with Gasteiger partial charge in [0.05, 0.1) is 12.2 Å². The molecule has 6 nitrogen and oxygen atoms in total. The fourth-order valence-corrected chi connectivity index (χ4v) is 1.91. The van der Waals surface area contributed by atoms with Gasteiger partial charge in [-0.05, 0) is 12.1 Å². The first-order valence-corrected chi connectivity index (χ1v) is 6.43. The van der Waals surface area contributed by atoms with Gasteiger partial charge in [0.2, 0.25) is 5.91 Å². The summed E-state index contributed by atoms with van der Waals surface area (Å²) >= 11 is 1.35. The van der Waals surface area contributed by atoms with Crippen LogP contribution in [0.3, 0.4) is 0 Å². The van der Waals surface area contributed by atoms with Crippen molar-refractivity contribution in [3.05, 3.63) is 41.2 Å². The number of aromatic nitrogens is 2. The number of anilines is 1. The monoisotopic (exact) mass is 276 g/mol. The predicted molar refractivity (Wildman–Crippen MR) is 71.8 cm³/mol. The molecule has 0 spiro atoms. The molecule has 19 heavy (non-hydrogen) atoms. The Bertz CT molecular complexity index is 583. The molecule has 2 heterocycles. The van der Waals surface area contributed by atoms with Crippen molar-refractivity contribution in [3.63, 3.8) is 0 Å². The minimum absolute atomic E-state index is 0.139. The molecule has 0 fully saturated rings. The molecule has 2 aromatic rings. The van der Waals surface area contributed by atoms with Gasteiger partial charge in [-0.3, -0.25) is 19.9 Å². The zero-order valence-electron chi connectivity index (χ0n) is 10.2. The minimum Gasteiger partial charge on any atom is -0.351 e. The summed E-state index contributed by atoms with van der Waals surface area (Å²) in [7, 11) is 0. The molecular weight excluding hydrogens is 264 g/mol. The summed E-state index contributed by atoms with van der Waals surface area (Å²) in [4.78, 5) is 30.8. The Morgan fingerprint density at radius 3 is 2.84 bits per heavy atom. The third-order valence-corrected chi connectivity index (χ3v) is 2.94. The van der Waals surface area contributed by atoms with Crippen molar-refractivity contribution in [2.45, 2.75) is 13.5 Å². The average molecular weight is 276 g/mol. The van der Waals surface area contributed by atoms with Gasteiger partial charge in [0.15, 0.2) is 5.13 Å². The van der Waals surface area contributed by atoms with E-state index >= 15 is 0 Å². The van der Waals surface area contributed by atoms with Crippen molar-refractivity contribution in [3.8, 4) is 0 Å². The molecule has 0 bridgehead atoms. The summed E-state index contributed by atoms with van der Waals surface area (Å²) in [5.74, 6) is -0.388. The Labute approximate surface area is 113 Å². The van der Waals surface area contributed by atoms with E-state index in [2.05, 4.69) is 20.6 Å². The highest BCUT2D eigenvalue weighted by molar-refractivity contribution is 7.13. The van der Waals surface area contributed by atoms with Crippen LogP contribution < -0.4 is 10.6 Å². The zero-order chi connectivity index (χ0) is 13.7. The molecule has 2 aromatic heterocycles. The van der Waals surface area contributed by atoms with Crippen LogP contribution in [0.4, 0.5) is 5.13 Å². The Kier molecular flexibility index (Phi) is 4.19. The lowest BCUT2D eigenvalue weighted by atomic mass is 10.2. The van der Waals surface area contributed by atoms with Crippen LogP contribution in [0.25, 0.3) is 0 Å². The highest BCUT2D eigenvalue weighted by Crippen LogP contribution is 2.12. The SMILES string of the molecule is CC(=O)NCc1cc(C(=O)Nc2nccs2)ccn1. The number of amides is 2. The second kappa shape index (κ2) is 6.05. The van der Waals surface area contributed by atoms with E-state index in [1.807, 2.05) is 0 Å². The number of hydrogen-bond acceptors (Lipinski definition) is 5. The third kappa shape index (κ3) is 3.85. The maximum atomic E-state index is 11.9. The van der Waals surface area contributed by atoms with Crippen LogP contribution in [0.2, 0.25) is 0 Å². The van der Waals surface area contributed by atoms with Gasteiger partial charge in [0, 0.05) is 30.3 Å². The van der Waals surface area contributed by atoms with Crippen molar-refractivity contribution >= 4 is 28.3 Å². The number of rotatable bonds is 4. The standard InChI is InChI=1S/C12H12N4O2S/c1-8(17)15-7-10-6-9(2-3-13-10)11(18)16-12-14-4-5-19-12/h2-6H,7H2,1H3,(H,15,17)(H,14,16,18). The number of thiazole rings is 1. The van der Waals surface area contributed by atoms with Crippen LogP contribution in [0.15, 0.2) is 29.9 Å². The van der Waals surface area contributed by atoms with E-state index in [-0.39, 0.29) is 11.8 Å². The van der Waals surface area contributed by atoms with Crippen molar-refractivity contribution in [1.29, 1.82) is 0 Å². The maximum Gasteiger partial charge on any atom is 0.257 e. The van der Waals surface area contributed by atoms with Gasteiger partial charge in [0.1, 0.15) is 0 Å². The van der Waals surface area contributed by atoms with E-state index in [1.54, 1.807) is 23.7 Å². The molecule has 7 heteroatoms. The largest absolute Gasteiger partial charge is 0.351 e. The van der Waals surface area contributed by atoms with Crippen LogP contribution in [0.5, 0.6) is 0 Å². The lowest BCUT2D eigenvalue weighted by molar-refractivity contribution is -0.119. The summed E-state index contributed by atoms with van der Waals surface area (Å²) in [5.41, 5.74) is 1.10. The predicted octanol–water partition coefficient (Wildman–Crippen LogP) is 1.43. The van der Waals surface area contributed by atoms with Crippen LogP contribution in [0.1, 0.15) is 23.0 Å². The van der Waals surface area contributed by atoms with Gasteiger partial charge in [-0.25, -0.2) is 4.98 Å². The van der Waals surface area contributed by atoms with Gasteiger partial charge in [-0.15, -0.1) is 11.3 Å². The van der Waals surface area contributed by atoms with Crippen LogP contribution in [0, 0.1) is 0 Å². The second-order valence-corrected chi connectivity index (χ2v) is 4.63. The molecule has 2 amide bonds. The average Bonchev–Trinajstić information content (AvgIpc) is 2.89. The maximum absolute atomic E-state index is 11.9. The molecule has 98 valence electrons. The molecule has 0 aromatic carbocycles. The Morgan fingerprint density at radius 1 is 1.32 bits per heavy atom. The number of pyridine rings is 1. The molecular formula is C12H12N4O2S. The summed E-state index contributed by atoms with van der Waals surface area (Å²) in [6.45, 7) is 1.73. The van der Waals surface area contributed by atoms with E-state index < -0.39 is 0 Å². The molecule has 0 aliphatic rings. The number of nitrogens with one attached hydrogen (secondary N) is 2. The molecule has 0 saturated carbocycles. The van der Waals surface area contributed by atoms with Gasteiger partial charge >= 0.3 is 0 Å². The van der Waals surface area contributed by atoms with Gasteiger partial charge in [-0.1, -0.05) is 0 Å². The quantitative estimate of drug-likeness (QED) is 0.884. The fourth-order valence-electron chi connectivity index (χ4n) is 1.39. The molecule has 0 unspecified atom stereocenters. The lowest BCUT2D eigenvalue weighted by Gasteiger charge is -2.05. The van der Waals surface area contributed by atoms with Crippen LogP contribution in [-0.4, -0.2) is 21.8 Å². The highest BCUT2D eigenvalue weighted by atomic mass is 32.1. The molecule has 2 rings (SSSR count). The number of hydrogen-bond donors (Lipinski definition) is 2. The summed E-state index contributed by atoms with van der Waals surface area (Å²) in [6.07, 6.45) is 3.16. The van der Waals surface area contributed by atoms with Crippen molar-refractivity contribution < 1.29 is 9.59 Å².